The van der Waals surface area contributed by atoms with Gasteiger partial charge in [-0.15, -0.1) is 11.8 Å². The van der Waals surface area contributed by atoms with E-state index in [0.717, 1.165) is 12.2 Å². The summed E-state index contributed by atoms with van der Waals surface area (Å²) in [5.74, 6) is 0.804. The molecule has 0 saturated heterocycles. The average molecular weight is 268 g/mol. The summed E-state index contributed by atoms with van der Waals surface area (Å²) in [7, 11) is 0. The molecular weight excluding hydrogens is 244 g/mol. The van der Waals surface area contributed by atoms with Crippen molar-refractivity contribution in [2.24, 2.45) is 5.92 Å². The molecule has 1 aromatic rings. The highest BCUT2D eigenvalue weighted by atomic mass is 32.2. The molecule has 0 aromatic heterocycles. The van der Waals surface area contributed by atoms with Gasteiger partial charge in [-0.25, -0.2) is 0 Å². The zero-order valence-corrected chi connectivity index (χ0v) is 12.3. The van der Waals surface area contributed by atoms with E-state index in [1.54, 1.807) is 11.8 Å². The Kier molecular flexibility index (Phi) is 6.19. The number of benzene rings is 1. The Balaban J connectivity index is 2.65. The topological polar surface area (TPSA) is 40.5 Å². The monoisotopic (exact) mass is 268 g/mol. The quantitative estimate of drug-likeness (QED) is 0.798. The van der Waals surface area contributed by atoms with Gasteiger partial charge in [-0.3, -0.25) is 0 Å². The average Bonchev–Trinajstić information content (AvgIpc) is 2.44. The minimum Gasteiger partial charge on any atom is -0.396 e. The second-order valence-corrected chi connectivity index (χ2v) is 6.56. The van der Waals surface area contributed by atoms with Gasteiger partial charge in [0.1, 0.15) is 0 Å². The van der Waals surface area contributed by atoms with Crippen LogP contribution in [0, 0.1) is 5.92 Å². The molecule has 0 heterocycles. The maximum Gasteiger partial charge on any atom is 0.0731 e. The summed E-state index contributed by atoms with van der Waals surface area (Å²) >= 11 is 1.77. The van der Waals surface area contributed by atoms with Gasteiger partial charge >= 0.3 is 0 Å². The number of rotatable bonds is 7. The van der Waals surface area contributed by atoms with Crippen molar-refractivity contribution in [1.82, 2.24) is 0 Å². The molecule has 0 spiro atoms. The number of aliphatic hydroxyl groups excluding tert-OH is 2. The van der Waals surface area contributed by atoms with E-state index in [2.05, 4.69) is 26.0 Å². The summed E-state index contributed by atoms with van der Waals surface area (Å²) in [6.07, 6.45) is 0.400. The van der Waals surface area contributed by atoms with Crippen LogP contribution in [0.3, 0.4) is 0 Å². The SMILES string of the molecule is CC[C@](C)(SCc1ccccc1)[C@H](O)[C@H](C)CO. The maximum atomic E-state index is 10.3. The Morgan fingerprint density at radius 1 is 1.28 bits per heavy atom. The first-order valence-electron chi connectivity index (χ1n) is 6.50. The largest absolute Gasteiger partial charge is 0.396 e. The molecule has 0 amide bonds. The van der Waals surface area contributed by atoms with Gasteiger partial charge in [0.15, 0.2) is 0 Å². The van der Waals surface area contributed by atoms with E-state index in [0.29, 0.717) is 0 Å². The van der Waals surface area contributed by atoms with Gasteiger partial charge in [-0.05, 0) is 18.9 Å². The Hall–Kier alpha value is -0.510. The molecule has 2 nitrogen and oxygen atoms in total. The van der Waals surface area contributed by atoms with Crippen molar-refractivity contribution in [3.63, 3.8) is 0 Å². The molecule has 0 aliphatic heterocycles. The summed E-state index contributed by atoms with van der Waals surface area (Å²) in [4.78, 5) is 0. The molecule has 18 heavy (non-hydrogen) atoms. The summed E-state index contributed by atoms with van der Waals surface area (Å²) < 4.78 is -0.210. The van der Waals surface area contributed by atoms with Crippen molar-refractivity contribution >= 4 is 11.8 Å². The molecule has 0 aliphatic rings. The van der Waals surface area contributed by atoms with Crippen molar-refractivity contribution in [2.75, 3.05) is 6.61 Å². The van der Waals surface area contributed by atoms with E-state index < -0.39 is 6.10 Å². The zero-order valence-electron chi connectivity index (χ0n) is 11.5. The van der Waals surface area contributed by atoms with Crippen LogP contribution in [0.25, 0.3) is 0 Å². The predicted octanol–water partition coefficient (Wildman–Crippen LogP) is 3.08. The Labute approximate surface area is 114 Å². The number of thioether (sulfide) groups is 1. The van der Waals surface area contributed by atoms with Crippen LogP contribution in [0.4, 0.5) is 0 Å². The molecule has 1 rings (SSSR count). The third-order valence-corrected chi connectivity index (χ3v) is 5.23. The molecule has 3 atom stereocenters. The molecule has 1 aromatic carbocycles. The van der Waals surface area contributed by atoms with Gasteiger partial charge in [-0.1, -0.05) is 44.2 Å². The Bertz CT molecular complexity index is 342. The van der Waals surface area contributed by atoms with Crippen molar-refractivity contribution in [1.29, 1.82) is 0 Å². The molecular formula is C15H24O2S. The van der Waals surface area contributed by atoms with E-state index in [-0.39, 0.29) is 17.3 Å². The summed E-state index contributed by atoms with van der Waals surface area (Å²) in [5.41, 5.74) is 1.27. The minimum absolute atomic E-state index is 0.0304. The standard InChI is InChI=1S/C15H24O2S/c1-4-15(3,14(17)12(2)10-16)18-11-13-8-6-5-7-9-13/h5-9,12,14,16-17H,4,10-11H2,1-3H3/t12-,14-,15+/m1/s1. The summed E-state index contributed by atoms with van der Waals surface area (Å²) in [5, 5.41) is 19.5. The van der Waals surface area contributed by atoms with Crippen molar-refractivity contribution < 1.29 is 10.2 Å². The third kappa shape index (κ3) is 4.01. The molecule has 0 radical (unpaired) electrons. The van der Waals surface area contributed by atoms with Gasteiger partial charge in [0, 0.05) is 23.0 Å². The minimum atomic E-state index is -0.485. The van der Waals surface area contributed by atoms with Crippen molar-refractivity contribution in [2.45, 2.75) is 43.8 Å². The smallest absolute Gasteiger partial charge is 0.0731 e. The highest BCUT2D eigenvalue weighted by molar-refractivity contribution is 7.99. The normalized spacial score (nSPS) is 18.1. The maximum absolute atomic E-state index is 10.3. The van der Waals surface area contributed by atoms with E-state index >= 15 is 0 Å². The van der Waals surface area contributed by atoms with Crippen LogP contribution in [0.2, 0.25) is 0 Å². The summed E-state index contributed by atoms with van der Waals surface area (Å²) in [6.45, 7) is 6.09. The number of hydrogen-bond donors (Lipinski definition) is 2. The first-order chi connectivity index (χ1) is 8.53. The van der Waals surface area contributed by atoms with Crippen LogP contribution in [-0.2, 0) is 5.75 Å². The highest BCUT2D eigenvalue weighted by Crippen LogP contribution is 2.37. The molecule has 0 aliphatic carbocycles. The molecule has 0 unspecified atom stereocenters. The van der Waals surface area contributed by atoms with E-state index in [4.69, 9.17) is 0 Å². The lowest BCUT2D eigenvalue weighted by Crippen LogP contribution is -2.41. The zero-order chi connectivity index (χ0) is 13.6. The highest BCUT2D eigenvalue weighted by Gasteiger charge is 2.35. The summed E-state index contributed by atoms with van der Waals surface area (Å²) in [6, 6.07) is 10.3. The van der Waals surface area contributed by atoms with Gasteiger partial charge < -0.3 is 10.2 Å². The molecule has 0 saturated carbocycles. The van der Waals surface area contributed by atoms with E-state index in [1.165, 1.54) is 5.56 Å². The van der Waals surface area contributed by atoms with Gasteiger partial charge in [0.25, 0.3) is 0 Å². The molecule has 2 N–H and O–H groups in total. The third-order valence-electron chi connectivity index (χ3n) is 3.57. The Morgan fingerprint density at radius 3 is 2.39 bits per heavy atom. The lowest BCUT2D eigenvalue weighted by Gasteiger charge is -2.36. The van der Waals surface area contributed by atoms with Gasteiger partial charge in [-0.2, -0.15) is 0 Å². The predicted molar refractivity (Wildman–Crippen MR) is 78.7 cm³/mol. The fourth-order valence-corrected chi connectivity index (χ4v) is 3.22. The van der Waals surface area contributed by atoms with Crippen LogP contribution in [0.5, 0.6) is 0 Å². The fourth-order valence-electron chi connectivity index (χ4n) is 1.92. The van der Waals surface area contributed by atoms with Gasteiger partial charge in [0.05, 0.1) is 6.10 Å². The van der Waals surface area contributed by atoms with Crippen LogP contribution in [-0.4, -0.2) is 27.7 Å². The second-order valence-electron chi connectivity index (χ2n) is 5.05. The Morgan fingerprint density at radius 2 is 1.89 bits per heavy atom. The lowest BCUT2D eigenvalue weighted by atomic mass is 9.91. The first kappa shape index (κ1) is 15.5. The van der Waals surface area contributed by atoms with Crippen LogP contribution in [0.1, 0.15) is 32.8 Å². The van der Waals surface area contributed by atoms with Crippen LogP contribution < -0.4 is 0 Å². The van der Waals surface area contributed by atoms with E-state index in [1.807, 2.05) is 25.1 Å². The van der Waals surface area contributed by atoms with E-state index in [9.17, 15) is 10.2 Å². The molecule has 0 bridgehead atoms. The fraction of sp³-hybridized carbons (Fsp3) is 0.600. The first-order valence-corrected chi connectivity index (χ1v) is 7.49. The lowest BCUT2D eigenvalue weighted by molar-refractivity contribution is 0.0490. The molecule has 0 fully saturated rings. The van der Waals surface area contributed by atoms with Gasteiger partial charge in [0.2, 0.25) is 0 Å². The molecule has 3 heteroatoms. The molecule has 102 valence electrons. The van der Waals surface area contributed by atoms with Crippen molar-refractivity contribution in [3.05, 3.63) is 35.9 Å². The van der Waals surface area contributed by atoms with Crippen LogP contribution in [0.15, 0.2) is 30.3 Å². The van der Waals surface area contributed by atoms with Crippen LogP contribution >= 0.6 is 11.8 Å². The number of aliphatic hydroxyl groups is 2. The van der Waals surface area contributed by atoms with Crippen molar-refractivity contribution in [3.8, 4) is 0 Å². The number of hydrogen-bond acceptors (Lipinski definition) is 3. The second kappa shape index (κ2) is 7.17.